The van der Waals surface area contributed by atoms with E-state index < -0.39 is 5.92 Å². The van der Waals surface area contributed by atoms with Crippen LogP contribution in [-0.4, -0.2) is 11.6 Å². The second kappa shape index (κ2) is 9.51. The largest absolute Gasteiger partial charge is 0.465 e. The molecule has 1 atom stereocenters. The van der Waals surface area contributed by atoms with E-state index in [1.165, 1.54) is 0 Å². The van der Waals surface area contributed by atoms with Crippen molar-refractivity contribution in [1.82, 2.24) is 0 Å². The maximum absolute atomic E-state index is 13.6. The van der Waals surface area contributed by atoms with Gasteiger partial charge in [-0.2, -0.15) is 0 Å². The fourth-order valence-corrected chi connectivity index (χ4v) is 3.96. The standard InChI is InChI=1S/C26H28O3/c1-4-5-8-17-22-25(26(28)21-15-11-7-12-16-21)24(20-13-9-6-10-14-20)23(18(2)27)19(3)29-22/h6-7,9-16,24H,4-5,8,17H2,1-3H3. The third kappa shape index (κ3) is 4.56. The molecule has 1 heterocycles. The first-order chi connectivity index (χ1) is 14.0. The lowest BCUT2D eigenvalue weighted by atomic mass is 9.77. The maximum Gasteiger partial charge on any atom is 0.193 e. The molecule has 0 aliphatic carbocycles. The minimum atomic E-state index is -0.410. The van der Waals surface area contributed by atoms with E-state index in [1.807, 2.05) is 67.6 Å². The number of benzene rings is 2. The van der Waals surface area contributed by atoms with Gasteiger partial charge in [0.2, 0.25) is 0 Å². The van der Waals surface area contributed by atoms with Crippen LogP contribution in [0.25, 0.3) is 0 Å². The van der Waals surface area contributed by atoms with Crippen LogP contribution < -0.4 is 0 Å². The molecule has 0 spiro atoms. The van der Waals surface area contributed by atoms with Gasteiger partial charge in [-0.05, 0) is 25.8 Å². The van der Waals surface area contributed by atoms with E-state index in [2.05, 4.69) is 6.92 Å². The molecule has 1 unspecified atom stereocenters. The molecule has 0 saturated carbocycles. The molecule has 0 radical (unpaired) electrons. The molecule has 150 valence electrons. The lowest BCUT2D eigenvalue weighted by molar-refractivity contribution is -0.114. The third-order valence-electron chi connectivity index (χ3n) is 5.33. The zero-order valence-corrected chi connectivity index (χ0v) is 17.4. The molecule has 1 aliphatic heterocycles. The quantitative estimate of drug-likeness (QED) is 0.389. The van der Waals surface area contributed by atoms with Gasteiger partial charge in [0.1, 0.15) is 11.5 Å². The van der Waals surface area contributed by atoms with Crippen LogP contribution in [0.1, 0.15) is 68.3 Å². The summed E-state index contributed by atoms with van der Waals surface area (Å²) in [5.74, 6) is 0.748. The van der Waals surface area contributed by atoms with Crippen molar-refractivity contribution in [3.8, 4) is 0 Å². The second-order valence-corrected chi connectivity index (χ2v) is 7.46. The summed E-state index contributed by atoms with van der Waals surface area (Å²) in [6.45, 7) is 5.53. The molecule has 1 aliphatic rings. The Kier molecular flexibility index (Phi) is 6.82. The van der Waals surface area contributed by atoms with Crippen LogP contribution in [0.5, 0.6) is 0 Å². The Morgan fingerprint density at radius 2 is 1.52 bits per heavy atom. The van der Waals surface area contributed by atoms with Crippen molar-refractivity contribution in [3.63, 3.8) is 0 Å². The lowest BCUT2D eigenvalue weighted by Crippen LogP contribution is -2.25. The lowest BCUT2D eigenvalue weighted by Gasteiger charge is -2.31. The predicted molar refractivity (Wildman–Crippen MR) is 116 cm³/mol. The fraction of sp³-hybridized carbons (Fsp3) is 0.308. The van der Waals surface area contributed by atoms with E-state index >= 15 is 0 Å². The average Bonchev–Trinajstić information content (AvgIpc) is 2.74. The SMILES string of the molecule is CCCCCC1=C(C(=O)c2ccccc2)C(c2ccccc2)C(C(C)=O)=C(C)O1. The fourth-order valence-electron chi connectivity index (χ4n) is 3.96. The summed E-state index contributed by atoms with van der Waals surface area (Å²) in [4.78, 5) is 26.2. The maximum atomic E-state index is 13.6. The summed E-state index contributed by atoms with van der Waals surface area (Å²) in [7, 11) is 0. The topological polar surface area (TPSA) is 43.4 Å². The number of hydrogen-bond acceptors (Lipinski definition) is 3. The number of carbonyl (C=O) groups excluding carboxylic acids is 2. The van der Waals surface area contributed by atoms with E-state index in [9.17, 15) is 9.59 Å². The number of ketones is 2. The monoisotopic (exact) mass is 388 g/mol. The molecule has 2 aromatic rings. The van der Waals surface area contributed by atoms with Crippen LogP contribution in [0.15, 0.2) is 83.3 Å². The molecule has 3 heteroatoms. The van der Waals surface area contributed by atoms with E-state index in [0.717, 1.165) is 24.8 Å². The summed E-state index contributed by atoms with van der Waals surface area (Å²) < 4.78 is 6.13. The normalized spacial score (nSPS) is 16.6. The Labute approximate surface area is 173 Å². The van der Waals surface area contributed by atoms with E-state index in [-0.39, 0.29) is 11.6 Å². The number of Topliss-reactive ketones (excluding diaryl/α,β-unsaturated/α-hetero) is 2. The van der Waals surface area contributed by atoms with E-state index in [0.29, 0.717) is 34.6 Å². The Morgan fingerprint density at radius 3 is 2.10 bits per heavy atom. The summed E-state index contributed by atoms with van der Waals surface area (Å²) in [6.07, 6.45) is 3.79. The summed E-state index contributed by atoms with van der Waals surface area (Å²) >= 11 is 0. The summed E-state index contributed by atoms with van der Waals surface area (Å²) in [5.41, 5.74) is 2.71. The van der Waals surface area contributed by atoms with Crippen LogP contribution in [0.4, 0.5) is 0 Å². The van der Waals surface area contributed by atoms with E-state index in [1.54, 1.807) is 6.92 Å². The molecule has 2 aromatic carbocycles. The second-order valence-electron chi connectivity index (χ2n) is 7.46. The number of carbonyl (C=O) groups is 2. The van der Waals surface area contributed by atoms with Gasteiger partial charge in [-0.15, -0.1) is 0 Å². The first kappa shape index (κ1) is 20.8. The highest BCUT2D eigenvalue weighted by Crippen LogP contribution is 2.43. The van der Waals surface area contributed by atoms with Crippen molar-refractivity contribution in [2.24, 2.45) is 0 Å². The van der Waals surface area contributed by atoms with Crippen molar-refractivity contribution < 1.29 is 14.3 Å². The molecule has 0 amide bonds. The highest BCUT2D eigenvalue weighted by Gasteiger charge is 2.37. The highest BCUT2D eigenvalue weighted by atomic mass is 16.5. The van der Waals surface area contributed by atoms with Gasteiger partial charge in [-0.25, -0.2) is 0 Å². The minimum absolute atomic E-state index is 0.0673. The highest BCUT2D eigenvalue weighted by molar-refractivity contribution is 6.12. The molecule has 3 nitrogen and oxygen atoms in total. The van der Waals surface area contributed by atoms with Crippen molar-refractivity contribution in [2.75, 3.05) is 0 Å². The molecule has 0 N–H and O–H groups in total. The Morgan fingerprint density at radius 1 is 0.897 bits per heavy atom. The van der Waals surface area contributed by atoms with Crippen LogP contribution in [-0.2, 0) is 9.53 Å². The van der Waals surface area contributed by atoms with Gasteiger partial charge in [0.25, 0.3) is 0 Å². The van der Waals surface area contributed by atoms with Gasteiger partial charge in [0, 0.05) is 23.5 Å². The van der Waals surface area contributed by atoms with Crippen molar-refractivity contribution in [3.05, 3.63) is 94.5 Å². The van der Waals surface area contributed by atoms with Crippen molar-refractivity contribution >= 4 is 11.6 Å². The van der Waals surface area contributed by atoms with Crippen molar-refractivity contribution in [2.45, 2.75) is 52.4 Å². The van der Waals surface area contributed by atoms with Gasteiger partial charge in [0.05, 0.1) is 5.57 Å². The molecular weight excluding hydrogens is 360 g/mol. The first-order valence-corrected chi connectivity index (χ1v) is 10.3. The van der Waals surface area contributed by atoms with E-state index in [4.69, 9.17) is 4.74 Å². The Balaban J connectivity index is 2.18. The van der Waals surface area contributed by atoms with Gasteiger partial charge in [-0.1, -0.05) is 80.4 Å². The molecule has 0 aromatic heterocycles. The Hall–Kier alpha value is -2.94. The van der Waals surface area contributed by atoms with Gasteiger partial charge < -0.3 is 4.74 Å². The van der Waals surface area contributed by atoms with Crippen LogP contribution in [0.3, 0.4) is 0 Å². The number of unbranched alkanes of at least 4 members (excludes halogenated alkanes) is 2. The number of ether oxygens (including phenoxy) is 1. The minimum Gasteiger partial charge on any atom is -0.465 e. The zero-order chi connectivity index (χ0) is 20.8. The van der Waals surface area contributed by atoms with Crippen LogP contribution >= 0.6 is 0 Å². The molecule has 3 rings (SSSR count). The third-order valence-corrected chi connectivity index (χ3v) is 5.33. The summed E-state index contributed by atoms with van der Waals surface area (Å²) in [5, 5.41) is 0. The predicted octanol–water partition coefficient (Wildman–Crippen LogP) is 6.38. The molecule has 0 saturated heterocycles. The summed E-state index contributed by atoms with van der Waals surface area (Å²) in [6, 6.07) is 19.0. The molecule has 29 heavy (non-hydrogen) atoms. The van der Waals surface area contributed by atoms with Gasteiger partial charge in [-0.3, -0.25) is 9.59 Å². The van der Waals surface area contributed by atoms with Gasteiger partial charge >= 0.3 is 0 Å². The van der Waals surface area contributed by atoms with Crippen LogP contribution in [0.2, 0.25) is 0 Å². The number of rotatable bonds is 8. The molecule has 0 fully saturated rings. The Bertz CT molecular complexity index is 936. The molecular formula is C26H28O3. The van der Waals surface area contributed by atoms with Crippen LogP contribution in [0, 0.1) is 0 Å². The first-order valence-electron chi connectivity index (χ1n) is 10.3. The smallest absolute Gasteiger partial charge is 0.193 e. The zero-order valence-electron chi connectivity index (χ0n) is 17.4. The average molecular weight is 389 g/mol. The van der Waals surface area contributed by atoms with Crippen molar-refractivity contribution in [1.29, 1.82) is 0 Å². The van der Waals surface area contributed by atoms with Gasteiger partial charge in [0.15, 0.2) is 11.6 Å². The number of allylic oxidation sites excluding steroid dienone is 4. The molecule has 0 bridgehead atoms. The number of hydrogen-bond donors (Lipinski definition) is 0.